The minimum absolute atomic E-state index is 0.0172. The van der Waals surface area contributed by atoms with Crippen LogP contribution in [-0.4, -0.2) is 22.7 Å². The van der Waals surface area contributed by atoms with Crippen molar-refractivity contribution in [2.24, 2.45) is 0 Å². The van der Waals surface area contributed by atoms with Crippen molar-refractivity contribution in [1.29, 1.82) is 0 Å². The summed E-state index contributed by atoms with van der Waals surface area (Å²) in [5.74, 6) is 0. The van der Waals surface area contributed by atoms with E-state index in [1.807, 2.05) is 17.7 Å². The van der Waals surface area contributed by atoms with Crippen molar-refractivity contribution in [2.45, 2.75) is 50.2 Å². The van der Waals surface area contributed by atoms with Crippen molar-refractivity contribution >= 4 is 11.3 Å². The van der Waals surface area contributed by atoms with Crippen LogP contribution in [0.2, 0.25) is 0 Å². The van der Waals surface area contributed by atoms with Gasteiger partial charge in [-0.3, -0.25) is 0 Å². The summed E-state index contributed by atoms with van der Waals surface area (Å²) in [6.45, 7) is 4.33. The fourth-order valence-electron chi connectivity index (χ4n) is 2.63. The highest BCUT2D eigenvalue weighted by atomic mass is 32.1. The van der Waals surface area contributed by atoms with E-state index in [1.165, 1.54) is 17.8 Å². The maximum absolute atomic E-state index is 9.93. The van der Waals surface area contributed by atoms with Gasteiger partial charge in [0.15, 0.2) is 0 Å². The number of allylic oxidation sites excluding steroid dienone is 1. The van der Waals surface area contributed by atoms with E-state index in [2.05, 4.69) is 16.9 Å². The third kappa shape index (κ3) is 3.19. The predicted octanol–water partition coefficient (Wildman–Crippen LogP) is 2.83. The largest absolute Gasteiger partial charge is 0.392 e. The smallest absolute Gasteiger partial charge is 0.113 e. The van der Waals surface area contributed by atoms with Gasteiger partial charge in [-0.2, -0.15) is 0 Å². The molecule has 3 nitrogen and oxygen atoms in total. The number of hydrogen-bond acceptors (Lipinski definition) is 4. The molecule has 0 spiro atoms. The molecular formula is C14H22N2OS. The van der Waals surface area contributed by atoms with Gasteiger partial charge in [0.1, 0.15) is 5.01 Å². The molecule has 1 aromatic heterocycles. The first-order chi connectivity index (χ1) is 8.77. The molecule has 1 unspecified atom stereocenters. The Labute approximate surface area is 113 Å². The topological polar surface area (TPSA) is 45.1 Å². The van der Waals surface area contributed by atoms with Gasteiger partial charge in [0.05, 0.1) is 11.6 Å². The Balaban J connectivity index is 1.93. The van der Waals surface area contributed by atoms with E-state index in [0.29, 0.717) is 6.54 Å². The van der Waals surface area contributed by atoms with Gasteiger partial charge in [-0.05, 0) is 25.7 Å². The van der Waals surface area contributed by atoms with Crippen molar-refractivity contribution in [1.82, 2.24) is 10.3 Å². The molecule has 1 heterocycles. The van der Waals surface area contributed by atoms with Crippen LogP contribution in [0.4, 0.5) is 0 Å². The molecule has 0 saturated heterocycles. The van der Waals surface area contributed by atoms with Crippen LogP contribution in [0.5, 0.6) is 0 Å². The Morgan fingerprint density at radius 2 is 2.33 bits per heavy atom. The SMILES string of the molecule is C=CCCC(O)CNC1(c2nccs2)CCCC1. The van der Waals surface area contributed by atoms with E-state index in [4.69, 9.17) is 0 Å². The molecule has 2 rings (SSSR count). The second-order valence-corrected chi connectivity index (χ2v) is 5.92. The fourth-order valence-corrected chi connectivity index (χ4v) is 3.50. The van der Waals surface area contributed by atoms with Crippen molar-refractivity contribution < 1.29 is 5.11 Å². The Hall–Kier alpha value is -0.710. The zero-order chi connectivity index (χ0) is 12.8. The lowest BCUT2D eigenvalue weighted by Gasteiger charge is -2.29. The van der Waals surface area contributed by atoms with Gasteiger partial charge in [0, 0.05) is 18.1 Å². The summed E-state index contributed by atoms with van der Waals surface area (Å²) in [6, 6.07) is 0. The molecule has 18 heavy (non-hydrogen) atoms. The number of aromatic nitrogens is 1. The van der Waals surface area contributed by atoms with Gasteiger partial charge >= 0.3 is 0 Å². The fraction of sp³-hybridized carbons (Fsp3) is 0.643. The molecule has 0 aliphatic heterocycles. The highest BCUT2D eigenvalue weighted by molar-refractivity contribution is 7.09. The van der Waals surface area contributed by atoms with Gasteiger partial charge < -0.3 is 10.4 Å². The third-order valence-electron chi connectivity index (χ3n) is 3.68. The lowest BCUT2D eigenvalue weighted by atomic mass is 9.98. The maximum atomic E-state index is 9.93. The van der Waals surface area contributed by atoms with E-state index >= 15 is 0 Å². The van der Waals surface area contributed by atoms with Crippen LogP contribution in [0, 0.1) is 0 Å². The quantitative estimate of drug-likeness (QED) is 0.746. The molecule has 0 aromatic carbocycles. The number of thiazole rings is 1. The molecular weight excluding hydrogens is 244 g/mol. The molecule has 100 valence electrons. The highest BCUT2D eigenvalue weighted by Gasteiger charge is 2.37. The van der Waals surface area contributed by atoms with E-state index in [1.54, 1.807) is 11.3 Å². The van der Waals surface area contributed by atoms with Crippen molar-refractivity contribution in [3.05, 3.63) is 29.2 Å². The van der Waals surface area contributed by atoms with E-state index in [-0.39, 0.29) is 11.6 Å². The van der Waals surface area contributed by atoms with Crippen LogP contribution in [0.25, 0.3) is 0 Å². The average Bonchev–Trinajstić information content (AvgIpc) is 3.04. The number of rotatable bonds is 7. The highest BCUT2D eigenvalue weighted by Crippen LogP contribution is 2.39. The zero-order valence-electron chi connectivity index (χ0n) is 10.8. The molecule has 1 aliphatic rings. The summed E-state index contributed by atoms with van der Waals surface area (Å²) < 4.78 is 0. The Morgan fingerprint density at radius 1 is 1.56 bits per heavy atom. The Kier molecular flexibility index (Phi) is 4.92. The standard InChI is InChI=1S/C14H22N2OS/c1-2-3-6-12(17)11-16-14(7-4-5-8-14)13-15-9-10-18-13/h2,9-10,12,16-17H,1,3-8,11H2. The molecule has 1 saturated carbocycles. The van der Waals surface area contributed by atoms with Gasteiger partial charge in [0.2, 0.25) is 0 Å². The summed E-state index contributed by atoms with van der Waals surface area (Å²) >= 11 is 1.72. The summed E-state index contributed by atoms with van der Waals surface area (Å²) in [6.07, 6.45) is 9.84. The van der Waals surface area contributed by atoms with Crippen molar-refractivity contribution in [2.75, 3.05) is 6.54 Å². The Bertz CT molecular complexity index is 358. The molecule has 1 aliphatic carbocycles. The lowest BCUT2D eigenvalue weighted by molar-refractivity contribution is 0.145. The second-order valence-electron chi connectivity index (χ2n) is 5.03. The summed E-state index contributed by atoms with van der Waals surface area (Å²) in [5, 5.41) is 16.7. The molecule has 0 amide bonds. The van der Waals surface area contributed by atoms with Gasteiger partial charge in [-0.15, -0.1) is 17.9 Å². The number of nitrogens with one attached hydrogen (secondary N) is 1. The van der Waals surface area contributed by atoms with Crippen LogP contribution in [0.1, 0.15) is 43.5 Å². The third-order valence-corrected chi connectivity index (χ3v) is 4.66. The summed E-state index contributed by atoms with van der Waals surface area (Å²) in [7, 11) is 0. The minimum atomic E-state index is -0.291. The number of hydrogen-bond donors (Lipinski definition) is 2. The monoisotopic (exact) mass is 266 g/mol. The molecule has 2 N–H and O–H groups in total. The van der Waals surface area contributed by atoms with Crippen LogP contribution in [-0.2, 0) is 5.54 Å². The van der Waals surface area contributed by atoms with Crippen LogP contribution in [0.3, 0.4) is 0 Å². The van der Waals surface area contributed by atoms with Crippen LogP contribution in [0.15, 0.2) is 24.2 Å². The van der Waals surface area contributed by atoms with E-state index in [9.17, 15) is 5.11 Å². The predicted molar refractivity (Wildman–Crippen MR) is 75.7 cm³/mol. The van der Waals surface area contributed by atoms with E-state index in [0.717, 1.165) is 25.7 Å². The molecule has 4 heteroatoms. The number of aliphatic hydroxyl groups excluding tert-OH is 1. The first-order valence-electron chi connectivity index (χ1n) is 6.71. The lowest BCUT2D eigenvalue weighted by Crippen LogP contribution is -2.43. The summed E-state index contributed by atoms with van der Waals surface area (Å²) in [4.78, 5) is 4.47. The second kappa shape index (κ2) is 6.45. The van der Waals surface area contributed by atoms with Gasteiger partial charge in [-0.1, -0.05) is 18.9 Å². The molecule has 0 bridgehead atoms. The Morgan fingerprint density at radius 3 is 2.94 bits per heavy atom. The molecule has 1 fully saturated rings. The normalized spacial score (nSPS) is 19.8. The first kappa shape index (κ1) is 13.7. The first-order valence-corrected chi connectivity index (χ1v) is 7.59. The van der Waals surface area contributed by atoms with Crippen molar-refractivity contribution in [3.8, 4) is 0 Å². The molecule has 1 aromatic rings. The van der Waals surface area contributed by atoms with Crippen molar-refractivity contribution in [3.63, 3.8) is 0 Å². The van der Waals surface area contributed by atoms with E-state index < -0.39 is 0 Å². The van der Waals surface area contributed by atoms with Gasteiger partial charge in [0.25, 0.3) is 0 Å². The summed E-state index contributed by atoms with van der Waals surface area (Å²) in [5.41, 5.74) is 0.0172. The number of nitrogens with zero attached hydrogens (tertiary/aromatic N) is 1. The van der Waals surface area contributed by atoms with Crippen LogP contribution < -0.4 is 5.32 Å². The molecule has 1 atom stereocenters. The number of aliphatic hydroxyl groups is 1. The molecule has 0 radical (unpaired) electrons. The van der Waals surface area contributed by atoms with Crippen LogP contribution >= 0.6 is 11.3 Å². The maximum Gasteiger partial charge on any atom is 0.113 e. The zero-order valence-corrected chi connectivity index (χ0v) is 11.6. The average molecular weight is 266 g/mol. The van der Waals surface area contributed by atoms with Gasteiger partial charge in [-0.25, -0.2) is 4.98 Å². The minimum Gasteiger partial charge on any atom is -0.392 e.